The Balaban J connectivity index is 1.94. The Bertz CT molecular complexity index is 503. The number of hydrazone groups is 1. The lowest BCUT2D eigenvalue weighted by Crippen LogP contribution is -2.25. The number of benzene rings is 1. The van der Waals surface area contributed by atoms with Crippen molar-refractivity contribution in [3.05, 3.63) is 29.8 Å². The molecule has 1 amide bonds. The molecule has 0 spiro atoms. The largest absolute Gasteiger partial charge is 0.496 e. The Hall–Kier alpha value is -1.69. The number of rotatable bonds is 2. The summed E-state index contributed by atoms with van der Waals surface area (Å²) in [5, 5.41) is 6.83. The third-order valence-electron chi connectivity index (χ3n) is 2.83. The maximum Gasteiger partial charge on any atom is 0.285 e. The number of thioether (sulfide) groups is 1. The van der Waals surface area contributed by atoms with Crippen LogP contribution in [-0.2, 0) is 0 Å². The predicted molar refractivity (Wildman–Crippen MR) is 66.2 cm³/mol. The molecule has 1 saturated heterocycles. The van der Waals surface area contributed by atoms with Crippen LogP contribution >= 0.6 is 11.8 Å². The molecule has 0 aliphatic carbocycles. The van der Waals surface area contributed by atoms with E-state index in [0.717, 1.165) is 11.3 Å². The molecule has 2 aliphatic heterocycles. The van der Waals surface area contributed by atoms with Crippen LogP contribution in [0.3, 0.4) is 0 Å². The van der Waals surface area contributed by atoms with E-state index in [2.05, 4.69) is 15.8 Å². The summed E-state index contributed by atoms with van der Waals surface area (Å²) in [7, 11) is 1.64. The van der Waals surface area contributed by atoms with Gasteiger partial charge in [0.1, 0.15) is 11.6 Å². The Kier molecular flexibility index (Phi) is 2.44. The monoisotopic (exact) mass is 249 g/mol. The molecule has 2 unspecified atom stereocenters. The smallest absolute Gasteiger partial charge is 0.285 e. The molecule has 2 heterocycles. The van der Waals surface area contributed by atoms with Crippen LogP contribution in [0.1, 0.15) is 11.6 Å². The first-order chi connectivity index (χ1) is 8.29. The Morgan fingerprint density at radius 3 is 3.06 bits per heavy atom. The summed E-state index contributed by atoms with van der Waals surface area (Å²) < 4.78 is 5.33. The van der Waals surface area contributed by atoms with Crippen LogP contribution in [0.2, 0.25) is 0 Å². The summed E-state index contributed by atoms with van der Waals surface area (Å²) >= 11 is 1.26. The highest BCUT2D eigenvalue weighted by Crippen LogP contribution is 2.38. The highest BCUT2D eigenvalue weighted by atomic mass is 32.2. The SMILES string of the molecule is COc1ccccc1C1NN=C2NC(=O)SC21. The lowest BCUT2D eigenvalue weighted by molar-refractivity contribution is 0.265. The van der Waals surface area contributed by atoms with Gasteiger partial charge in [-0.15, -0.1) is 0 Å². The molecule has 2 aliphatic rings. The van der Waals surface area contributed by atoms with Crippen LogP contribution < -0.4 is 15.5 Å². The highest BCUT2D eigenvalue weighted by molar-refractivity contribution is 8.15. The zero-order valence-electron chi connectivity index (χ0n) is 9.14. The number of fused-ring (bicyclic) bond motifs is 1. The van der Waals surface area contributed by atoms with E-state index in [0.29, 0.717) is 5.84 Å². The molecule has 88 valence electrons. The maximum atomic E-state index is 11.3. The number of nitrogens with zero attached hydrogens (tertiary/aromatic N) is 1. The fraction of sp³-hybridized carbons (Fsp3) is 0.273. The molecule has 0 radical (unpaired) electrons. The van der Waals surface area contributed by atoms with Gasteiger partial charge in [-0.05, 0) is 6.07 Å². The van der Waals surface area contributed by atoms with Gasteiger partial charge in [-0.2, -0.15) is 5.10 Å². The van der Waals surface area contributed by atoms with Crippen LogP contribution in [0.25, 0.3) is 0 Å². The van der Waals surface area contributed by atoms with E-state index in [9.17, 15) is 4.79 Å². The van der Waals surface area contributed by atoms with E-state index >= 15 is 0 Å². The number of nitrogens with one attached hydrogen (secondary N) is 2. The van der Waals surface area contributed by atoms with Gasteiger partial charge in [-0.25, -0.2) is 0 Å². The second-order valence-electron chi connectivity index (χ2n) is 3.80. The number of amides is 1. The third-order valence-corrected chi connectivity index (χ3v) is 3.90. The molecule has 5 nitrogen and oxygen atoms in total. The highest BCUT2D eigenvalue weighted by Gasteiger charge is 2.42. The second kappa shape index (κ2) is 3.96. The topological polar surface area (TPSA) is 62.7 Å². The Labute approximate surface area is 103 Å². The van der Waals surface area contributed by atoms with Gasteiger partial charge in [-0.1, -0.05) is 30.0 Å². The first-order valence-electron chi connectivity index (χ1n) is 5.23. The van der Waals surface area contributed by atoms with Crippen molar-refractivity contribution in [3.63, 3.8) is 0 Å². The van der Waals surface area contributed by atoms with Crippen molar-refractivity contribution in [2.24, 2.45) is 5.10 Å². The van der Waals surface area contributed by atoms with Crippen molar-refractivity contribution < 1.29 is 9.53 Å². The average molecular weight is 249 g/mol. The predicted octanol–water partition coefficient (Wildman–Crippen LogP) is 1.48. The molecule has 0 bridgehead atoms. The summed E-state index contributed by atoms with van der Waals surface area (Å²) in [6.45, 7) is 0. The van der Waals surface area contributed by atoms with Crippen LogP contribution in [0.15, 0.2) is 29.4 Å². The number of para-hydroxylation sites is 1. The van der Waals surface area contributed by atoms with Gasteiger partial charge in [0.25, 0.3) is 5.24 Å². The molecule has 3 rings (SSSR count). The van der Waals surface area contributed by atoms with Gasteiger partial charge in [-0.3, -0.25) is 10.2 Å². The minimum absolute atomic E-state index is 0.0128. The fourth-order valence-corrected chi connectivity index (χ4v) is 3.02. The van der Waals surface area contributed by atoms with Crippen LogP contribution in [0, 0.1) is 0 Å². The van der Waals surface area contributed by atoms with Crippen molar-refractivity contribution in [2.45, 2.75) is 11.3 Å². The first kappa shape index (κ1) is 10.5. The zero-order valence-corrected chi connectivity index (χ0v) is 9.95. The standard InChI is InChI=1S/C11H11N3O2S/c1-16-7-5-3-2-4-6(7)8-9-10(14-13-8)12-11(15)17-9/h2-5,8-9,13H,1H3,(H,12,14,15). The van der Waals surface area contributed by atoms with Crippen molar-refractivity contribution >= 4 is 22.8 Å². The number of methoxy groups -OCH3 is 1. The van der Waals surface area contributed by atoms with Gasteiger partial charge in [0, 0.05) is 5.56 Å². The maximum absolute atomic E-state index is 11.3. The van der Waals surface area contributed by atoms with Crippen LogP contribution in [-0.4, -0.2) is 23.4 Å². The zero-order chi connectivity index (χ0) is 11.8. The van der Waals surface area contributed by atoms with Crippen molar-refractivity contribution in [3.8, 4) is 5.75 Å². The summed E-state index contributed by atoms with van der Waals surface area (Å²) in [5.74, 6) is 1.51. The molecule has 2 N–H and O–H groups in total. The summed E-state index contributed by atoms with van der Waals surface area (Å²) in [6.07, 6.45) is 0. The van der Waals surface area contributed by atoms with Gasteiger partial charge >= 0.3 is 0 Å². The molecule has 1 fully saturated rings. The molecule has 1 aromatic carbocycles. The van der Waals surface area contributed by atoms with E-state index in [1.165, 1.54) is 11.8 Å². The molecule has 0 aromatic heterocycles. The minimum atomic E-state index is -0.0462. The number of hydrogen-bond acceptors (Lipinski definition) is 5. The molecule has 6 heteroatoms. The molecule has 1 aromatic rings. The summed E-state index contributed by atoms with van der Waals surface area (Å²) in [6, 6.07) is 7.74. The molecular weight excluding hydrogens is 238 g/mol. The molecule has 17 heavy (non-hydrogen) atoms. The van der Waals surface area contributed by atoms with E-state index in [4.69, 9.17) is 4.74 Å². The summed E-state index contributed by atoms with van der Waals surface area (Å²) in [5.41, 5.74) is 4.06. The van der Waals surface area contributed by atoms with E-state index < -0.39 is 0 Å². The van der Waals surface area contributed by atoms with E-state index in [1.54, 1.807) is 7.11 Å². The quantitative estimate of drug-likeness (QED) is 0.833. The van der Waals surface area contributed by atoms with Crippen molar-refractivity contribution in [1.29, 1.82) is 0 Å². The lowest BCUT2D eigenvalue weighted by atomic mass is 10.0. The second-order valence-corrected chi connectivity index (χ2v) is 4.91. The minimum Gasteiger partial charge on any atom is -0.496 e. The number of carbonyl (C=O) groups excluding carboxylic acids is 1. The van der Waals surface area contributed by atoms with Gasteiger partial charge in [0.05, 0.1) is 18.4 Å². The Morgan fingerprint density at radius 2 is 2.24 bits per heavy atom. The number of ether oxygens (including phenoxy) is 1. The lowest BCUT2D eigenvalue weighted by Gasteiger charge is -2.17. The normalized spacial score (nSPS) is 25.9. The molecule has 0 saturated carbocycles. The average Bonchev–Trinajstić information content (AvgIpc) is 2.87. The third kappa shape index (κ3) is 1.64. The first-order valence-corrected chi connectivity index (χ1v) is 6.11. The van der Waals surface area contributed by atoms with Crippen molar-refractivity contribution in [2.75, 3.05) is 7.11 Å². The fourth-order valence-electron chi connectivity index (χ4n) is 2.06. The van der Waals surface area contributed by atoms with Gasteiger partial charge in [0.15, 0.2) is 0 Å². The Morgan fingerprint density at radius 1 is 1.41 bits per heavy atom. The van der Waals surface area contributed by atoms with Gasteiger partial charge < -0.3 is 10.1 Å². The van der Waals surface area contributed by atoms with Crippen LogP contribution in [0.5, 0.6) is 5.75 Å². The van der Waals surface area contributed by atoms with Gasteiger partial charge in [0.2, 0.25) is 0 Å². The number of hydrogen-bond donors (Lipinski definition) is 2. The number of carbonyl (C=O) groups is 1. The van der Waals surface area contributed by atoms with E-state index in [1.807, 2.05) is 24.3 Å². The summed E-state index contributed by atoms with van der Waals surface area (Å²) in [4.78, 5) is 11.3. The number of amidine groups is 1. The molecular formula is C11H11N3O2S. The van der Waals surface area contributed by atoms with Crippen LogP contribution in [0.4, 0.5) is 4.79 Å². The van der Waals surface area contributed by atoms with Crippen molar-refractivity contribution in [1.82, 2.24) is 10.7 Å². The van der Waals surface area contributed by atoms with E-state index in [-0.39, 0.29) is 16.5 Å². The molecule has 2 atom stereocenters.